The monoisotopic (exact) mass is 352 g/mol. The number of carbonyl (C=O) groups excluding carboxylic acids is 1. The molecular formula is C18H22ClFN2O2. The van der Waals surface area contributed by atoms with Crippen molar-refractivity contribution in [2.45, 2.75) is 18.6 Å². The third-order valence-electron chi connectivity index (χ3n) is 3.64. The van der Waals surface area contributed by atoms with Crippen LogP contribution in [-0.2, 0) is 9.53 Å². The number of carbonyl (C=O) groups is 1. The van der Waals surface area contributed by atoms with Crippen LogP contribution in [0.25, 0.3) is 0 Å². The van der Waals surface area contributed by atoms with E-state index in [0.717, 1.165) is 11.1 Å². The first-order valence-electron chi connectivity index (χ1n) is 7.45. The predicted octanol–water partition coefficient (Wildman–Crippen LogP) is 3.14. The summed E-state index contributed by atoms with van der Waals surface area (Å²) >= 11 is 0. The van der Waals surface area contributed by atoms with E-state index in [9.17, 15) is 9.18 Å². The fourth-order valence-electron chi connectivity index (χ4n) is 2.31. The third kappa shape index (κ3) is 5.92. The minimum absolute atomic E-state index is 0. The summed E-state index contributed by atoms with van der Waals surface area (Å²) in [6.07, 6.45) is -0.128. The molecule has 0 aliphatic heterocycles. The van der Waals surface area contributed by atoms with Gasteiger partial charge in [0.15, 0.2) is 0 Å². The molecule has 0 radical (unpaired) electrons. The van der Waals surface area contributed by atoms with Crippen LogP contribution in [0.2, 0.25) is 0 Å². The van der Waals surface area contributed by atoms with Gasteiger partial charge in [-0.1, -0.05) is 42.5 Å². The lowest BCUT2D eigenvalue weighted by atomic mass is 10.0. The van der Waals surface area contributed by atoms with Gasteiger partial charge >= 0.3 is 0 Å². The highest BCUT2D eigenvalue weighted by Gasteiger charge is 2.15. The largest absolute Gasteiger partial charge is 0.375 e. The highest BCUT2D eigenvalue weighted by molar-refractivity contribution is 5.85. The number of methoxy groups -OCH3 is 1. The number of amides is 1. The average molecular weight is 353 g/mol. The molecule has 1 amide bonds. The Hall–Kier alpha value is -1.95. The number of hydrogen-bond acceptors (Lipinski definition) is 3. The highest BCUT2D eigenvalue weighted by Crippen LogP contribution is 2.17. The van der Waals surface area contributed by atoms with E-state index in [1.54, 1.807) is 19.2 Å². The molecule has 2 aromatic carbocycles. The zero-order valence-electron chi connectivity index (χ0n) is 13.4. The summed E-state index contributed by atoms with van der Waals surface area (Å²) in [5.74, 6) is -0.452. The van der Waals surface area contributed by atoms with E-state index in [2.05, 4.69) is 5.32 Å². The number of ether oxygens (including phenoxy) is 1. The van der Waals surface area contributed by atoms with Crippen LogP contribution < -0.4 is 11.1 Å². The minimum atomic E-state index is -0.344. The number of benzene rings is 2. The molecule has 0 aromatic heterocycles. The molecule has 0 spiro atoms. The summed E-state index contributed by atoms with van der Waals surface area (Å²) < 4.78 is 18.3. The molecule has 0 bridgehead atoms. The van der Waals surface area contributed by atoms with E-state index >= 15 is 0 Å². The van der Waals surface area contributed by atoms with Crippen LogP contribution >= 0.6 is 12.4 Å². The van der Waals surface area contributed by atoms with E-state index in [4.69, 9.17) is 10.5 Å². The van der Waals surface area contributed by atoms with Crippen molar-refractivity contribution in [1.29, 1.82) is 0 Å². The summed E-state index contributed by atoms with van der Waals surface area (Å²) in [4.78, 5) is 12.0. The minimum Gasteiger partial charge on any atom is -0.375 e. The van der Waals surface area contributed by atoms with Crippen molar-refractivity contribution in [3.8, 4) is 0 Å². The van der Waals surface area contributed by atoms with Crippen LogP contribution in [0.3, 0.4) is 0 Å². The molecule has 3 N–H and O–H groups in total. The number of nitrogens with one attached hydrogen (secondary N) is 1. The van der Waals surface area contributed by atoms with Crippen LogP contribution in [0.5, 0.6) is 0 Å². The zero-order valence-corrected chi connectivity index (χ0v) is 14.3. The summed E-state index contributed by atoms with van der Waals surface area (Å²) in [5, 5.41) is 2.81. The second-order valence-electron chi connectivity index (χ2n) is 5.30. The number of rotatable bonds is 7. The van der Waals surface area contributed by atoms with E-state index in [1.165, 1.54) is 12.1 Å². The van der Waals surface area contributed by atoms with Crippen LogP contribution in [-0.4, -0.2) is 19.6 Å². The quantitative estimate of drug-likeness (QED) is 0.804. The molecule has 4 nitrogen and oxygen atoms in total. The summed E-state index contributed by atoms with van der Waals surface area (Å²) in [5.41, 5.74) is 7.76. The first-order valence-corrected chi connectivity index (χ1v) is 7.45. The van der Waals surface area contributed by atoms with E-state index < -0.39 is 0 Å². The maximum atomic E-state index is 12.9. The number of nitrogens with two attached hydrogens (primary N) is 1. The van der Waals surface area contributed by atoms with Gasteiger partial charge in [0.25, 0.3) is 0 Å². The maximum Gasteiger partial charge on any atom is 0.222 e. The van der Waals surface area contributed by atoms with Crippen molar-refractivity contribution in [2.24, 2.45) is 5.73 Å². The Bertz CT molecular complexity index is 623. The van der Waals surface area contributed by atoms with Crippen LogP contribution in [0.1, 0.15) is 29.7 Å². The second-order valence-corrected chi connectivity index (χ2v) is 5.30. The van der Waals surface area contributed by atoms with Gasteiger partial charge in [-0.2, -0.15) is 0 Å². The lowest BCUT2D eigenvalue weighted by Crippen LogP contribution is -2.31. The van der Waals surface area contributed by atoms with E-state index in [-0.39, 0.29) is 42.7 Å². The van der Waals surface area contributed by atoms with Crippen molar-refractivity contribution < 1.29 is 13.9 Å². The molecule has 2 atom stereocenters. The van der Waals surface area contributed by atoms with E-state index in [0.29, 0.717) is 6.54 Å². The molecule has 0 aliphatic carbocycles. The van der Waals surface area contributed by atoms with E-state index in [1.807, 2.05) is 30.3 Å². The first-order chi connectivity index (χ1) is 11.1. The van der Waals surface area contributed by atoms with Crippen molar-refractivity contribution in [3.05, 3.63) is 71.5 Å². The van der Waals surface area contributed by atoms with Crippen LogP contribution in [0.15, 0.2) is 54.6 Å². The van der Waals surface area contributed by atoms with Crippen molar-refractivity contribution in [2.75, 3.05) is 13.7 Å². The SMILES string of the molecule is COC(CNC(=O)CC(N)c1ccccc1)c1ccc(F)cc1.Cl. The fourth-order valence-corrected chi connectivity index (χ4v) is 2.31. The molecule has 0 heterocycles. The second kappa shape index (κ2) is 10.0. The first kappa shape index (κ1) is 20.1. The highest BCUT2D eigenvalue weighted by atomic mass is 35.5. The molecule has 6 heteroatoms. The number of halogens is 2. The average Bonchev–Trinajstić information content (AvgIpc) is 2.57. The molecule has 130 valence electrons. The van der Waals surface area contributed by atoms with Crippen molar-refractivity contribution >= 4 is 18.3 Å². The maximum absolute atomic E-state index is 12.9. The van der Waals surface area contributed by atoms with Gasteiger partial charge in [0.2, 0.25) is 5.91 Å². The molecule has 0 saturated carbocycles. The Morgan fingerprint density at radius 1 is 1.12 bits per heavy atom. The molecule has 24 heavy (non-hydrogen) atoms. The predicted molar refractivity (Wildman–Crippen MR) is 94.4 cm³/mol. The fraction of sp³-hybridized carbons (Fsp3) is 0.278. The van der Waals surface area contributed by atoms with Gasteiger partial charge in [0.05, 0.1) is 6.10 Å². The normalized spacial score (nSPS) is 12.8. The Morgan fingerprint density at radius 3 is 2.33 bits per heavy atom. The Labute approximate surface area is 147 Å². The smallest absolute Gasteiger partial charge is 0.222 e. The Balaban J connectivity index is 0.00000288. The molecule has 2 aromatic rings. The lowest BCUT2D eigenvalue weighted by Gasteiger charge is -2.18. The summed E-state index contributed by atoms with van der Waals surface area (Å²) in [6, 6.07) is 15.2. The number of hydrogen-bond donors (Lipinski definition) is 2. The van der Waals surface area contributed by atoms with Crippen molar-refractivity contribution in [3.63, 3.8) is 0 Å². The zero-order chi connectivity index (χ0) is 16.7. The standard InChI is InChI=1S/C18H21FN2O2.ClH/c1-23-17(14-7-9-15(19)10-8-14)12-21-18(22)11-16(20)13-5-3-2-4-6-13;/h2-10,16-17H,11-12,20H2,1H3,(H,21,22);1H. The molecule has 0 saturated heterocycles. The summed E-state index contributed by atoms with van der Waals surface area (Å²) in [6.45, 7) is 0.308. The molecule has 0 fully saturated rings. The lowest BCUT2D eigenvalue weighted by molar-refractivity contribution is -0.122. The van der Waals surface area contributed by atoms with Gasteiger partial charge in [-0.15, -0.1) is 12.4 Å². The molecule has 2 rings (SSSR count). The van der Waals surface area contributed by atoms with Crippen molar-refractivity contribution in [1.82, 2.24) is 5.32 Å². The van der Waals surface area contributed by atoms with Gasteiger partial charge in [-0.05, 0) is 23.3 Å². The topological polar surface area (TPSA) is 64.3 Å². The third-order valence-corrected chi connectivity index (χ3v) is 3.64. The van der Waals surface area contributed by atoms with Gasteiger partial charge in [0.1, 0.15) is 5.82 Å². The van der Waals surface area contributed by atoms with Gasteiger partial charge in [-0.3, -0.25) is 4.79 Å². The molecular weight excluding hydrogens is 331 g/mol. The van der Waals surface area contributed by atoms with Crippen LogP contribution in [0.4, 0.5) is 4.39 Å². The molecule has 2 unspecified atom stereocenters. The van der Waals surface area contributed by atoms with Gasteiger partial charge in [0, 0.05) is 26.1 Å². The Morgan fingerprint density at radius 2 is 1.75 bits per heavy atom. The van der Waals surface area contributed by atoms with Gasteiger partial charge < -0.3 is 15.8 Å². The van der Waals surface area contributed by atoms with Crippen LogP contribution in [0, 0.1) is 5.82 Å². The molecule has 0 aliphatic rings. The summed E-state index contributed by atoms with van der Waals surface area (Å²) in [7, 11) is 1.55. The van der Waals surface area contributed by atoms with Gasteiger partial charge in [-0.25, -0.2) is 4.39 Å². The Kier molecular flexibility index (Phi) is 8.40.